The monoisotopic (exact) mass is 305 g/mol. The highest BCUT2D eigenvalue weighted by Crippen LogP contribution is 2.20. The maximum atomic E-state index is 13.8. The second kappa shape index (κ2) is 5.94. The number of sulfone groups is 1. The number of ether oxygens (including phenoxy) is 1. The van der Waals surface area contributed by atoms with E-state index in [2.05, 4.69) is 0 Å². The van der Waals surface area contributed by atoms with E-state index in [4.69, 9.17) is 10.00 Å². The molecule has 0 saturated heterocycles. The highest BCUT2D eigenvalue weighted by molar-refractivity contribution is 7.90. The van der Waals surface area contributed by atoms with Crippen LogP contribution in [0.3, 0.4) is 0 Å². The van der Waals surface area contributed by atoms with Gasteiger partial charge in [-0.15, -0.1) is 0 Å². The number of nitrogens with zero attached hydrogens (tertiary/aromatic N) is 1. The molecule has 0 bridgehead atoms. The van der Waals surface area contributed by atoms with Crippen LogP contribution in [-0.4, -0.2) is 14.7 Å². The SMILES string of the molecule is CS(=O)(=O)c1cccc(OCc2cccc(C#N)c2F)c1. The molecule has 2 rings (SSSR count). The van der Waals surface area contributed by atoms with Crippen molar-refractivity contribution >= 4 is 9.84 Å². The van der Waals surface area contributed by atoms with Crippen LogP contribution in [-0.2, 0) is 16.4 Å². The highest BCUT2D eigenvalue weighted by Gasteiger charge is 2.10. The van der Waals surface area contributed by atoms with Crippen LogP contribution in [0.1, 0.15) is 11.1 Å². The van der Waals surface area contributed by atoms with Gasteiger partial charge in [0, 0.05) is 11.8 Å². The molecule has 0 aromatic heterocycles. The highest BCUT2D eigenvalue weighted by atomic mass is 32.2. The molecule has 0 atom stereocenters. The zero-order valence-electron chi connectivity index (χ0n) is 11.2. The molecule has 0 aliphatic rings. The Balaban J connectivity index is 2.20. The molecular weight excluding hydrogens is 293 g/mol. The standard InChI is InChI=1S/C15H12FNO3S/c1-21(18,19)14-7-3-6-13(8-14)20-10-12-5-2-4-11(9-17)15(12)16/h2-8H,10H2,1H3. The van der Waals surface area contributed by atoms with Gasteiger partial charge in [0.1, 0.15) is 24.2 Å². The molecule has 21 heavy (non-hydrogen) atoms. The molecule has 2 aromatic rings. The van der Waals surface area contributed by atoms with Gasteiger partial charge in [0.15, 0.2) is 9.84 Å². The lowest BCUT2D eigenvalue weighted by molar-refractivity contribution is 0.299. The van der Waals surface area contributed by atoms with Crippen molar-refractivity contribution in [3.8, 4) is 11.8 Å². The molecule has 2 aromatic carbocycles. The fraction of sp³-hybridized carbons (Fsp3) is 0.133. The summed E-state index contributed by atoms with van der Waals surface area (Å²) >= 11 is 0. The van der Waals surface area contributed by atoms with E-state index < -0.39 is 15.7 Å². The van der Waals surface area contributed by atoms with Crippen LogP contribution >= 0.6 is 0 Å². The minimum atomic E-state index is -3.32. The first-order valence-corrected chi connectivity index (χ1v) is 7.91. The maximum absolute atomic E-state index is 13.8. The molecule has 0 amide bonds. The molecule has 0 heterocycles. The molecule has 0 unspecified atom stereocenters. The Morgan fingerprint density at radius 2 is 1.95 bits per heavy atom. The minimum absolute atomic E-state index is 0.0546. The topological polar surface area (TPSA) is 67.2 Å². The molecule has 0 N–H and O–H groups in total. The normalized spacial score (nSPS) is 10.9. The van der Waals surface area contributed by atoms with Crippen LogP contribution < -0.4 is 4.74 Å². The molecule has 0 radical (unpaired) electrons. The molecule has 0 aliphatic carbocycles. The molecule has 4 nitrogen and oxygen atoms in total. The zero-order valence-corrected chi connectivity index (χ0v) is 12.0. The predicted octanol–water partition coefficient (Wildman–Crippen LogP) is 2.68. The van der Waals surface area contributed by atoms with Gasteiger partial charge in [-0.1, -0.05) is 18.2 Å². The summed E-state index contributed by atoms with van der Waals surface area (Å²) in [5.41, 5.74) is 0.180. The Kier molecular flexibility index (Phi) is 4.24. The number of hydrogen-bond donors (Lipinski definition) is 0. The second-order valence-corrected chi connectivity index (χ2v) is 6.44. The third-order valence-corrected chi connectivity index (χ3v) is 3.94. The Hall–Kier alpha value is -2.39. The smallest absolute Gasteiger partial charge is 0.175 e. The maximum Gasteiger partial charge on any atom is 0.175 e. The van der Waals surface area contributed by atoms with Crippen molar-refractivity contribution in [3.05, 3.63) is 59.4 Å². The van der Waals surface area contributed by atoms with Gasteiger partial charge in [-0.05, 0) is 24.3 Å². The van der Waals surface area contributed by atoms with Gasteiger partial charge < -0.3 is 4.74 Å². The van der Waals surface area contributed by atoms with Crippen LogP contribution in [0.2, 0.25) is 0 Å². The van der Waals surface area contributed by atoms with E-state index in [-0.39, 0.29) is 22.6 Å². The quantitative estimate of drug-likeness (QED) is 0.871. The predicted molar refractivity (Wildman–Crippen MR) is 75.0 cm³/mol. The van der Waals surface area contributed by atoms with E-state index in [1.807, 2.05) is 0 Å². The van der Waals surface area contributed by atoms with Crippen molar-refractivity contribution in [1.82, 2.24) is 0 Å². The van der Waals surface area contributed by atoms with Gasteiger partial charge in [-0.3, -0.25) is 0 Å². The van der Waals surface area contributed by atoms with Gasteiger partial charge in [0.05, 0.1) is 10.5 Å². The molecule has 0 saturated carbocycles. The van der Waals surface area contributed by atoms with Crippen molar-refractivity contribution in [2.24, 2.45) is 0 Å². The summed E-state index contributed by atoms with van der Waals surface area (Å²) in [5.74, 6) is -0.307. The Morgan fingerprint density at radius 1 is 1.24 bits per heavy atom. The number of hydrogen-bond acceptors (Lipinski definition) is 4. The lowest BCUT2D eigenvalue weighted by Crippen LogP contribution is -2.02. The van der Waals surface area contributed by atoms with Gasteiger partial charge in [-0.25, -0.2) is 12.8 Å². The number of halogens is 1. The first-order valence-electron chi connectivity index (χ1n) is 6.02. The molecule has 0 spiro atoms. The molecular formula is C15H12FNO3S. The van der Waals surface area contributed by atoms with Gasteiger partial charge >= 0.3 is 0 Å². The van der Waals surface area contributed by atoms with E-state index in [1.54, 1.807) is 24.3 Å². The summed E-state index contributed by atoms with van der Waals surface area (Å²) in [5, 5.41) is 8.76. The average molecular weight is 305 g/mol. The average Bonchev–Trinajstić information content (AvgIpc) is 2.45. The number of nitriles is 1. The van der Waals surface area contributed by atoms with Gasteiger partial charge in [-0.2, -0.15) is 5.26 Å². The Morgan fingerprint density at radius 3 is 2.62 bits per heavy atom. The Bertz CT molecular complexity index is 810. The van der Waals surface area contributed by atoms with Gasteiger partial charge in [0.2, 0.25) is 0 Å². The minimum Gasteiger partial charge on any atom is -0.489 e. The third kappa shape index (κ3) is 3.58. The van der Waals surface area contributed by atoms with Crippen molar-refractivity contribution < 1.29 is 17.5 Å². The summed E-state index contributed by atoms with van der Waals surface area (Å²) < 4.78 is 42.1. The summed E-state index contributed by atoms with van der Waals surface area (Å²) in [4.78, 5) is 0.131. The number of benzene rings is 2. The molecule has 0 fully saturated rings. The zero-order chi connectivity index (χ0) is 15.5. The largest absolute Gasteiger partial charge is 0.489 e. The van der Waals surface area contributed by atoms with Crippen molar-refractivity contribution in [2.45, 2.75) is 11.5 Å². The summed E-state index contributed by atoms with van der Waals surface area (Å²) in [6.45, 7) is -0.0887. The third-order valence-electron chi connectivity index (χ3n) is 2.83. The lowest BCUT2D eigenvalue weighted by atomic mass is 10.1. The van der Waals surface area contributed by atoms with E-state index in [1.165, 1.54) is 24.3 Å². The molecule has 108 valence electrons. The van der Waals surface area contributed by atoms with E-state index >= 15 is 0 Å². The van der Waals surface area contributed by atoms with Crippen molar-refractivity contribution in [1.29, 1.82) is 5.26 Å². The Labute approximate surface area is 122 Å². The van der Waals surface area contributed by atoms with E-state index in [0.29, 0.717) is 5.75 Å². The van der Waals surface area contributed by atoms with Crippen molar-refractivity contribution in [3.63, 3.8) is 0 Å². The van der Waals surface area contributed by atoms with Crippen LogP contribution in [0.25, 0.3) is 0 Å². The fourth-order valence-corrected chi connectivity index (χ4v) is 2.39. The van der Waals surface area contributed by atoms with Gasteiger partial charge in [0.25, 0.3) is 0 Å². The van der Waals surface area contributed by atoms with Crippen LogP contribution in [0.5, 0.6) is 5.75 Å². The first-order chi connectivity index (χ1) is 9.91. The summed E-state index contributed by atoms with van der Waals surface area (Å²) in [7, 11) is -3.32. The second-order valence-electron chi connectivity index (χ2n) is 4.43. The number of rotatable bonds is 4. The lowest BCUT2D eigenvalue weighted by Gasteiger charge is -2.08. The van der Waals surface area contributed by atoms with Crippen LogP contribution in [0.4, 0.5) is 4.39 Å². The summed E-state index contributed by atoms with van der Waals surface area (Å²) in [6, 6.07) is 12.2. The van der Waals surface area contributed by atoms with Crippen LogP contribution in [0.15, 0.2) is 47.4 Å². The molecule has 0 aliphatic heterocycles. The fourth-order valence-electron chi connectivity index (χ4n) is 1.73. The van der Waals surface area contributed by atoms with Crippen LogP contribution in [0, 0.1) is 17.1 Å². The van der Waals surface area contributed by atoms with Crippen molar-refractivity contribution in [2.75, 3.05) is 6.26 Å². The summed E-state index contributed by atoms with van der Waals surface area (Å²) in [6.07, 6.45) is 1.10. The first kappa shape index (κ1) is 15.0. The van der Waals surface area contributed by atoms with E-state index in [0.717, 1.165) is 6.26 Å². The molecule has 6 heteroatoms. The van der Waals surface area contributed by atoms with E-state index in [9.17, 15) is 12.8 Å².